The first-order valence-electron chi connectivity index (χ1n) is 9.86. The number of rotatable bonds is 2. The van der Waals surface area contributed by atoms with E-state index in [2.05, 4.69) is 58.2 Å². The summed E-state index contributed by atoms with van der Waals surface area (Å²) in [5.41, 5.74) is 4.84. The average molecular weight is 409 g/mol. The van der Waals surface area contributed by atoms with Crippen LogP contribution in [0.15, 0.2) is 79.0 Å². The Balaban J connectivity index is 0.000000250. The van der Waals surface area contributed by atoms with Crippen LogP contribution < -0.4 is 0 Å². The summed E-state index contributed by atoms with van der Waals surface area (Å²) in [4.78, 5) is 4.44. The van der Waals surface area contributed by atoms with Crippen molar-refractivity contribution >= 4 is 17.2 Å². The van der Waals surface area contributed by atoms with E-state index in [1.807, 2.05) is 44.2 Å². The highest BCUT2D eigenvalue weighted by Gasteiger charge is 2.05. The van der Waals surface area contributed by atoms with Crippen LogP contribution in [0.3, 0.4) is 0 Å². The first-order chi connectivity index (χ1) is 14.0. The fraction of sp³-hybridized carbons (Fsp3) is 0.240. The van der Waals surface area contributed by atoms with Gasteiger partial charge in [-0.2, -0.15) is 0 Å². The molecule has 0 amide bonds. The number of hydrogen-bond acceptors (Lipinski definition) is 2. The lowest BCUT2D eigenvalue weighted by Gasteiger charge is -2.09. The van der Waals surface area contributed by atoms with Crippen molar-refractivity contribution in [3.63, 3.8) is 0 Å². The monoisotopic (exact) mass is 408 g/mol. The number of aryl methyl sites for hydroxylation is 2. The fourth-order valence-electron chi connectivity index (χ4n) is 2.94. The summed E-state index contributed by atoms with van der Waals surface area (Å²) in [6.45, 7) is 5.99. The molecular weight excluding hydrogens is 380 g/mol. The molecule has 0 atom stereocenters. The number of imidazole rings is 1. The molecule has 0 bridgehead atoms. The van der Waals surface area contributed by atoms with Crippen LogP contribution in [-0.4, -0.2) is 21.3 Å². The van der Waals surface area contributed by atoms with E-state index < -0.39 is 0 Å². The van der Waals surface area contributed by atoms with E-state index in [0.717, 1.165) is 29.4 Å². The van der Waals surface area contributed by atoms with Crippen LogP contribution in [0.4, 0.5) is 0 Å². The molecule has 1 aliphatic carbocycles. The third-order valence-corrected chi connectivity index (χ3v) is 4.46. The van der Waals surface area contributed by atoms with Crippen LogP contribution in [0.25, 0.3) is 11.3 Å². The van der Waals surface area contributed by atoms with Gasteiger partial charge in [0.25, 0.3) is 0 Å². The topological polar surface area (TPSA) is 38.0 Å². The van der Waals surface area contributed by atoms with E-state index in [1.165, 1.54) is 16.8 Å². The Morgan fingerprint density at radius 3 is 2.10 bits per heavy atom. The summed E-state index contributed by atoms with van der Waals surface area (Å²) in [6, 6.07) is 18.1. The molecule has 1 aromatic heterocycles. The van der Waals surface area contributed by atoms with Crippen LogP contribution in [0.5, 0.6) is 0 Å². The Morgan fingerprint density at radius 1 is 1.00 bits per heavy atom. The number of hydrogen-bond donors (Lipinski definition) is 1. The van der Waals surface area contributed by atoms with Gasteiger partial charge in [-0.15, -0.1) is 0 Å². The minimum absolute atomic E-state index is 0.250. The van der Waals surface area contributed by atoms with Crippen molar-refractivity contribution in [3.8, 4) is 5.69 Å². The van der Waals surface area contributed by atoms with Crippen molar-refractivity contribution in [2.75, 3.05) is 6.61 Å². The predicted octanol–water partition coefficient (Wildman–Crippen LogP) is 6.56. The second-order valence-corrected chi connectivity index (χ2v) is 7.03. The van der Waals surface area contributed by atoms with Gasteiger partial charge < -0.3 is 9.67 Å². The molecule has 1 N–H and O–H groups in total. The van der Waals surface area contributed by atoms with Gasteiger partial charge in [-0.1, -0.05) is 60.2 Å². The number of aliphatic hydroxyl groups is 1. The van der Waals surface area contributed by atoms with Gasteiger partial charge in [0.05, 0.1) is 5.69 Å². The molecule has 4 rings (SSSR count). The highest BCUT2D eigenvalue weighted by molar-refractivity contribution is 6.30. The Kier molecular flexibility index (Phi) is 9.42. The van der Waals surface area contributed by atoms with Crippen molar-refractivity contribution < 1.29 is 5.11 Å². The summed E-state index contributed by atoms with van der Waals surface area (Å²) in [5, 5.41) is 8.36. The maximum Gasteiger partial charge on any atom is 0.110 e. The number of halogens is 1. The van der Waals surface area contributed by atoms with Gasteiger partial charge in [-0.05, 0) is 69.0 Å². The zero-order chi connectivity index (χ0) is 21.1. The normalized spacial score (nSPS) is 12.2. The lowest BCUT2D eigenvalue weighted by molar-refractivity contribution is 0.318. The first kappa shape index (κ1) is 22.7. The third kappa shape index (κ3) is 7.37. The SMILES string of the molecule is CCO.Cc1cn(-c2ccc(C3=CCCC=C3)cc2)c(C)n1.Clc1ccccc1. The molecule has 4 heteroatoms. The third-order valence-electron chi connectivity index (χ3n) is 4.21. The van der Waals surface area contributed by atoms with E-state index >= 15 is 0 Å². The molecule has 0 spiro atoms. The van der Waals surface area contributed by atoms with Gasteiger partial charge in [0.15, 0.2) is 0 Å². The molecular formula is C25H29ClN2O. The number of aromatic nitrogens is 2. The molecule has 0 aliphatic heterocycles. The molecule has 3 nitrogen and oxygen atoms in total. The van der Waals surface area contributed by atoms with E-state index in [0.29, 0.717) is 0 Å². The zero-order valence-corrected chi connectivity index (χ0v) is 18.1. The Bertz CT molecular complexity index is 925. The highest BCUT2D eigenvalue weighted by atomic mass is 35.5. The number of nitrogens with zero attached hydrogens (tertiary/aromatic N) is 2. The molecule has 0 unspecified atom stereocenters. The fourth-order valence-corrected chi connectivity index (χ4v) is 3.08. The molecule has 3 aromatic rings. The lowest BCUT2D eigenvalue weighted by Crippen LogP contribution is -1.95. The lowest BCUT2D eigenvalue weighted by atomic mass is 9.99. The number of aliphatic hydroxyl groups excluding tert-OH is 1. The van der Waals surface area contributed by atoms with Crippen LogP contribution in [-0.2, 0) is 0 Å². The molecule has 1 heterocycles. The molecule has 29 heavy (non-hydrogen) atoms. The number of benzene rings is 2. The Hall–Kier alpha value is -2.62. The number of allylic oxidation sites excluding steroid dienone is 4. The standard InChI is InChI=1S/C17H18N2.C6H5Cl.C2H6O/c1-13-12-19(14(2)18-13)17-10-8-16(9-11-17)15-6-4-3-5-7-15;7-6-4-2-1-3-5-6;1-2-3/h4,6-12H,3,5H2,1-2H3;1-5H;3H,2H2,1H3. The summed E-state index contributed by atoms with van der Waals surface area (Å²) < 4.78 is 2.13. The highest BCUT2D eigenvalue weighted by Crippen LogP contribution is 2.23. The minimum Gasteiger partial charge on any atom is -0.397 e. The van der Waals surface area contributed by atoms with Gasteiger partial charge in [0.1, 0.15) is 5.82 Å². The second-order valence-electron chi connectivity index (χ2n) is 6.60. The molecule has 0 fully saturated rings. The van der Waals surface area contributed by atoms with Crippen LogP contribution >= 0.6 is 11.6 Å². The van der Waals surface area contributed by atoms with Crippen LogP contribution in [0, 0.1) is 13.8 Å². The van der Waals surface area contributed by atoms with Gasteiger partial charge in [-0.25, -0.2) is 4.98 Å². The maximum atomic E-state index is 7.57. The molecule has 0 saturated heterocycles. The van der Waals surface area contributed by atoms with Crippen LogP contribution in [0.1, 0.15) is 36.8 Å². The van der Waals surface area contributed by atoms with Crippen molar-refractivity contribution in [1.29, 1.82) is 0 Å². The van der Waals surface area contributed by atoms with Gasteiger partial charge in [-0.3, -0.25) is 0 Å². The zero-order valence-electron chi connectivity index (χ0n) is 17.3. The Morgan fingerprint density at radius 2 is 1.66 bits per heavy atom. The van der Waals surface area contributed by atoms with Crippen LogP contribution in [0.2, 0.25) is 5.02 Å². The minimum atomic E-state index is 0.250. The van der Waals surface area contributed by atoms with E-state index in [9.17, 15) is 0 Å². The van der Waals surface area contributed by atoms with Crippen molar-refractivity contribution in [2.45, 2.75) is 33.6 Å². The first-order valence-corrected chi connectivity index (χ1v) is 10.2. The summed E-state index contributed by atoms with van der Waals surface area (Å²) in [6.07, 6.45) is 11.1. The molecule has 1 aliphatic rings. The van der Waals surface area contributed by atoms with Gasteiger partial charge >= 0.3 is 0 Å². The molecule has 0 radical (unpaired) electrons. The van der Waals surface area contributed by atoms with Gasteiger partial charge in [0.2, 0.25) is 0 Å². The average Bonchev–Trinajstić information content (AvgIpc) is 3.08. The van der Waals surface area contributed by atoms with Gasteiger partial charge in [0, 0.05) is 23.5 Å². The summed E-state index contributed by atoms with van der Waals surface area (Å²) in [7, 11) is 0. The van der Waals surface area contributed by atoms with E-state index in [1.54, 1.807) is 6.92 Å². The molecule has 2 aromatic carbocycles. The van der Waals surface area contributed by atoms with E-state index in [-0.39, 0.29) is 6.61 Å². The predicted molar refractivity (Wildman–Crippen MR) is 124 cm³/mol. The van der Waals surface area contributed by atoms with Crippen molar-refractivity contribution in [1.82, 2.24) is 9.55 Å². The summed E-state index contributed by atoms with van der Waals surface area (Å²) in [5.74, 6) is 1.03. The quantitative estimate of drug-likeness (QED) is 0.521. The molecule has 152 valence electrons. The maximum absolute atomic E-state index is 7.57. The Labute approximate surface area is 179 Å². The second kappa shape index (κ2) is 12.1. The smallest absolute Gasteiger partial charge is 0.110 e. The van der Waals surface area contributed by atoms with Crippen molar-refractivity contribution in [3.05, 3.63) is 101 Å². The van der Waals surface area contributed by atoms with E-state index in [4.69, 9.17) is 16.7 Å². The molecule has 0 saturated carbocycles. The van der Waals surface area contributed by atoms with Crippen molar-refractivity contribution in [2.24, 2.45) is 0 Å². The largest absolute Gasteiger partial charge is 0.397 e. The summed E-state index contributed by atoms with van der Waals surface area (Å²) >= 11 is 5.54.